The number of fused-ring (bicyclic) bond motifs is 1. The Morgan fingerprint density at radius 2 is 1.81 bits per heavy atom. The van der Waals surface area contributed by atoms with E-state index >= 15 is 0 Å². The van der Waals surface area contributed by atoms with Crippen molar-refractivity contribution in [3.8, 4) is 17.0 Å². The van der Waals surface area contributed by atoms with Crippen molar-refractivity contribution in [1.29, 1.82) is 0 Å². The van der Waals surface area contributed by atoms with Gasteiger partial charge in [-0.15, -0.1) is 0 Å². The summed E-state index contributed by atoms with van der Waals surface area (Å²) in [7, 11) is 0. The Balaban J connectivity index is 1.47. The number of nitrogens with zero attached hydrogens (tertiary/aromatic N) is 3. The molecule has 4 aromatic rings. The van der Waals surface area contributed by atoms with Gasteiger partial charge in [0.25, 0.3) is 11.5 Å². The second-order valence-corrected chi connectivity index (χ2v) is 7.24. The monoisotopic (exact) mass is 416 g/mol. The predicted octanol–water partition coefficient (Wildman–Crippen LogP) is 3.30. The number of hydrogen-bond donors (Lipinski definition) is 1. The third kappa shape index (κ3) is 4.50. The highest BCUT2D eigenvalue weighted by Gasteiger charge is 2.10. The second-order valence-electron chi connectivity index (χ2n) is 7.24. The van der Waals surface area contributed by atoms with Crippen LogP contribution in [-0.2, 0) is 6.54 Å². The standard InChI is InChI=1S/C24H24N4O3/c1-3-31-20-10-8-18(9-11-20)21-16-22-24(30)27(14-15-28(22)26-21)13-12-25-23(29)19-6-4-17(2)5-7-19/h4-11,14-16H,3,12-13H2,1-2H3,(H,25,29). The molecule has 2 aromatic carbocycles. The van der Waals surface area contributed by atoms with Gasteiger partial charge < -0.3 is 14.6 Å². The highest BCUT2D eigenvalue weighted by Crippen LogP contribution is 2.21. The summed E-state index contributed by atoms with van der Waals surface area (Å²) in [6.45, 7) is 5.24. The van der Waals surface area contributed by atoms with Crippen LogP contribution < -0.4 is 15.6 Å². The van der Waals surface area contributed by atoms with Crippen LogP contribution in [0.2, 0.25) is 0 Å². The smallest absolute Gasteiger partial charge is 0.276 e. The highest BCUT2D eigenvalue weighted by molar-refractivity contribution is 5.94. The fourth-order valence-electron chi connectivity index (χ4n) is 3.33. The minimum atomic E-state index is -0.156. The van der Waals surface area contributed by atoms with Crippen LogP contribution in [0.4, 0.5) is 0 Å². The third-order valence-corrected chi connectivity index (χ3v) is 5.02. The first-order chi connectivity index (χ1) is 15.0. The van der Waals surface area contributed by atoms with E-state index in [-0.39, 0.29) is 11.5 Å². The zero-order chi connectivity index (χ0) is 21.8. The van der Waals surface area contributed by atoms with E-state index in [1.54, 1.807) is 39.7 Å². The Hall–Kier alpha value is -3.87. The number of ether oxygens (including phenoxy) is 1. The van der Waals surface area contributed by atoms with Crippen molar-refractivity contribution < 1.29 is 9.53 Å². The quantitative estimate of drug-likeness (QED) is 0.501. The van der Waals surface area contributed by atoms with Crippen molar-refractivity contribution >= 4 is 11.4 Å². The van der Waals surface area contributed by atoms with Crippen LogP contribution in [0.1, 0.15) is 22.8 Å². The molecule has 0 aliphatic rings. The molecule has 0 spiro atoms. The number of hydrogen-bond acceptors (Lipinski definition) is 4. The second kappa shape index (κ2) is 8.87. The Kier molecular flexibility index (Phi) is 5.84. The molecule has 0 radical (unpaired) electrons. The fourth-order valence-corrected chi connectivity index (χ4v) is 3.33. The number of rotatable bonds is 7. The number of aryl methyl sites for hydroxylation is 1. The molecule has 0 aliphatic heterocycles. The van der Waals surface area contributed by atoms with E-state index in [2.05, 4.69) is 10.4 Å². The number of carbonyl (C=O) groups is 1. The topological polar surface area (TPSA) is 77.6 Å². The first-order valence-corrected chi connectivity index (χ1v) is 10.2. The number of amides is 1. The van der Waals surface area contributed by atoms with Gasteiger partial charge in [-0.25, -0.2) is 4.52 Å². The summed E-state index contributed by atoms with van der Waals surface area (Å²) in [5.74, 6) is 0.640. The first-order valence-electron chi connectivity index (χ1n) is 10.2. The van der Waals surface area contributed by atoms with Gasteiger partial charge in [0.05, 0.1) is 12.3 Å². The lowest BCUT2D eigenvalue weighted by atomic mass is 10.1. The van der Waals surface area contributed by atoms with Gasteiger partial charge in [0, 0.05) is 36.6 Å². The van der Waals surface area contributed by atoms with Gasteiger partial charge in [-0.2, -0.15) is 5.10 Å². The SMILES string of the molecule is CCOc1ccc(-c2cc3c(=O)n(CCNC(=O)c4ccc(C)cc4)ccn3n2)cc1. The van der Waals surface area contributed by atoms with Crippen molar-refractivity contribution in [2.24, 2.45) is 0 Å². The lowest BCUT2D eigenvalue weighted by Gasteiger charge is -2.08. The number of nitrogens with one attached hydrogen (secondary N) is 1. The van der Waals surface area contributed by atoms with Gasteiger partial charge in [-0.1, -0.05) is 17.7 Å². The summed E-state index contributed by atoms with van der Waals surface area (Å²) < 4.78 is 8.63. The summed E-state index contributed by atoms with van der Waals surface area (Å²) in [4.78, 5) is 25.1. The molecular formula is C24H24N4O3. The van der Waals surface area contributed by atoms with Crippen LogP contribution in [0.25, 0.3) is 16.8 Å². The molecule has 1 N–H and O–H groups in total. The van der Waals surface area contributed by atoms with Gasteiger partial charge in [0.15, 0.2) is 0 Å². The van der Waals surface area contributed by atoms with Crippen molar-refractivity contribution in [2.45, 2.75) is 20.4 Å². The van der Waals surface area contributed by atoms with Crippen molar-refractivity contribution in [3.05, 3.63) is 88.5 Å². The summed E-state index contributed by atoms with van der Waals surface area (Å²) >= 11 is 0. The van der Waals surface area contributed by atoms with E-state index in [4.69, 9.17) is 4.74 Å². The van der Waals surface area contributed by atoms with Gasteiger partial charge in [0.2, 0.25) is 0 Å². The van der Waals surface area contributed by atoms with Crippen LogP contribution in [-0.4, -0.2) is 33.2 Å². The summed E-state index contributed by atoms with van der Waals surface area (Å²) in [5.41, 5.74) is 3.65. The van der Waals surface area contributed by atoms with Crippen LogP contribution in [0, 0.1) is 6.92 Å². The Labute approximate surface area is 179 Å². The number of carbonyl (C=O) groups excluding carboxylic acids is 1. The van der Waals surface area contributed by atoms with Crippen LogP contribution in [0.3, 0.4) is 0 Å². The average molecular weight is 416 g/mol. The van der Waals surface area contributed by atoms with E-state index < -0.39 is 0 Å². The minimum absolute atomic E-state index is 0.156. The third-order valence-electron chi connectivity index (χ3n) is 5.02. The molecule has 158 valence electrons. The maximum Gasteiger partial charge on any atom is 0.276 e. The van der Waals surface area contributed by atoms with E-state index in [0.717, 1.165) is 16.9 Å². The molecule has 31 heavy (non-hydrogen) atoms. The van der Waals surface area contributed by atoms with E-state index in [9.17, 15) is 9.59 Å². The predicted molar refractivity (Wildman–Crippen MR) is 120 cm³/mol. The molecule has 2 heterocycles. The normalized spacial score (nSPS) is 10.9. The number of benzene rings is 2. The average Bonchev–Trinajstić information content (AvgIpc) is 3.22. The summed E-state index contributed by atoms with van der Waals surface area (Å²) in [6, 6.07) is 16.8. The molecule has 7 nitrogen and oxygen atoms in total. The minimum Gasteiger partial charge on any atom is -0.494 e. The molecular weight excluding hydrogens is 392 g/mol. The maximum atomic E-state index is 12.9. The molecule has 7 heteroatoms. The largest absolute Gasteiger partial charge is 0.494 e. The Bertz CT molecular complexity index is 1250. The van der Waals surface area contributed by atoms with Crippen molar-refractivity contribution in [1.82, 2.24) is 19.5 Å². The van der Waals surface area contributed by atoms with Gasteiger partial charge in [0.1, 0.15) is 11.3 Å². The molecule has 2 aromatic heterocycles. The summed E-state index contributed by atoms with van der Waals surface area (Å²) in [6.07, 6.45) is 3.43. The zero-order valence-electron chi connectivity index (χ0n) is 17.5. The summed E-state index contributed by atoms with van der Waals surface area (Å²) in [5, 5.41) is 7.36. The van der Waals surface area contributed by atoms with Crippen LogP contribution in [0.15, 0.2) is 71.8 Å². The molecule has 4 rings (SSSR count). The molecule has 0 atom stereocenters. The van der Waals surface area contributed by atoms with Crippen LogP contribution >= 0.6 is 0 Å². The van der Waals surface area contributed by atoms with E-state index in [0.29, 0.717) is 36.5 Å². The van der Waals surface area contributed by atoms with E-state index in [1.807, 2.05) is 50.2 Å². The molecule has 0 fully saturated rings. The number of aromatic nitrogens is 3. The Morgan fingerprint density at radius 3 is 2.52 bits per heavy atom. The first kappa shape index (κ1) is 20.4. The van der Waals surface area contributed by atoms with Crippen molar-refractivity contribution in [2.75, 3.05) is 13.2 Å². The molecule has 1 amide bonds. The Morgan fingerprint density at radius 1 is 1.06 bits per heavy atom. The molecule has 0 saturated carbocycles. The van der Waals surface area contributed by atoms with Gasteiger partial charge >= 0.3 is 0 Å². The highest BCUT2D eigenvalue weighted by atomic mass is 16.5. The zero-order valence-corrected chi connectivity index (χ0v) is 17.5. The van der Waals surface area contributed by atoms with Crippen LogP contribution in [0.5, 0.6) is 5.75 Å². The lowest BCUT2D eigenvalue weighted by Crippen LogP contribution is -2.31. The van der Waals surface area contributed by atoms with Gasteiger partial charge in [-0.05, 0) is 56.3 Å². The molecule has 0 saturated heterocycles. The molecule has 0 aliphatic carbocycles. The van der Waals surface area contributed by atoms with Gasteiger partial charge in [-0.3, -0.25) is 9.59 Å². The van der Waals surface area contributed by atoms with Crippen molar-refractivity contribution in [3.63, 3.8) is 0 Å². The van der Waals surface area contributed by atoms with E-state index in [1.165, 1.54) is 0 Å². The fraction of sp³-hybridized carbons (Fsp3) is 0.208. The molecule has 0 unspecified atom stereocenters. The maximum absolute atomic E-state index is 12.9. The lowest BCUT2D eigenvalue weighted by molar-refractivity contribution is 0.0952. The molecule has 0 bridgehead atoms.